The second-order valence-corrected chi connectivity index (χ2v) is 7.11. The average Bonchev–Trinajstić information content (AvgIpc) is 3.36. The summed E-state index contributed by atoms with van der Waals surface area (Å²) in [5.41, 5.74) is 3.33. The average molecular weight is 421 g/mol. The van der Waals surface area contributed by atoms with E-state index in [1.807, 2.05) is 24.4 Å². The summed E-state index contributed by atoms with van der Waals surface area (Å²) >= 11 is 0. The predicted octanol–water partition coefficient (Wildman–Crippen LogP) is 2.63. The molecule has 0 saturated carbocycles. The number of fused-ring (bicyclic) bond motifs is 1. The number of ether oxygens (including phenoxy) is 3. The molecule has 0 N–H and O–H groups in total. The zero-order valence-corrected chi connectivity index (χ0v) is 17.4. The fourth-order valence-electron chi connectivity index (χ4n) is 3.57. The minimum Gasteiger partial charge on any atom is -0.493 e. The SMILES string of the molecule is COc1cc2c(cc1OC)CN(C(=O)COC(=O)c1ccc(-n3cccn3)cc1)CC2. The van der Waals surface area contributed by atoms with Crippen molar-refractivity contribution in [1.82, 2.24) is 14.7 Å². The molecule has 0 bridgehead atoms. The normalized spacial score (nSPS) is 12.8. The Balaban J connectivity index is 1.35. The maximum Gasteiger partial charge on any atom is 0.338 e. The number of hydrogen-bond donors (Lipinski definition) is 0. The number of aromatic nitrogens is 2. The van der Waals surface area contributed by atoms with Gasteiger partial charge in [0.15, 0.2) is 18.1 Å². The van der Waals surface area contributed by atoms with Crippen molar-refractivity contribution < 1.29 is 23.8 Å². The monoisotopic (exact) mass is 421 g/mol. The van der Waals surface area contributed by atoms with Crippen LogP contribution in [0.3, 0.4) is 0 Å². The molecule has 0 saturated heterocycles. The molecule has 1 aliphatic heterocycles. The second kappa shape index (κ2) is 8.91. The van der Waals surface area contributed by atoms with Crippen LogP contribution in [0, 0.1) is 0 Å². The van der Waals surface area contributed by atoms with E-state index in [1.54, 1.807) is 54.3 Å². The third-order valence-electron chi connectivity index (χ3n) is 5.27. The predicted molar refractivity (Wildman–Crippen MR) is 113 cm³/mol. The molecular weight excluding hydrogens is 398 g/mol. The van der Waals surface area contributed by atoms with Crippen molar-refractivity contribution >= 4 is 11.9 Å². The molecule has 3 aromatic rings. The Morgan fingerprint density at radius 3 is 2.39 bits per heavy atom. The summed E-state index contributed by atoms with van der Waals surface area (Å²) in [6, 6.07) is 12.5. The number of benzene rings is 2. The minimum atomic E-state index is -0.538. The van der Waals surface area contributed by atoms with E-state index in [2.05, 4.69) is 5.10 Å². The van der Waals surface area contributed by atoms with E-state index in [-0.39, 0.29) is 12.5 Å². The van der Waals surface area contributed by atoms with Crippen LogP contribution in [-0.4, -0.2) is 53.9 Å². The summed E-state index contributed by atoms with van der Waals surface area (Å²) < 4.78 is 17.6. The summed E-state index contributed by atoms with van der Waals surface area (Å²) in [5, 5.41) is 4.14. The van der Waals surface area contributed by atoms with Crippen molar-refractivity contribution in [2.24, 2.45) is 0 Å². The fraction of sp³-hybridized carbons (Fsp3) is 0.261. The molecule has 0 spiro atoms. The van der Waals surface area contributed by atoms with Crippen molar-refractivity contribution in [2.75, 3.05) is 27.4 Å². The van der Waals surface area contributed by atoms with Gasteiger partial charge in [0.25, 0.3) is 5.91 Å². The number of esters is 1. The zero-order valence-electron chi connectivity index (χ0n) is 17.4. The Morgan fingerprint density at radius 2 is 1.74 bits per heavy atom. The van der Waals surface area contributed by atoms with Crippen LogP contribution in [0.25, 0.3) is 5.69 Å². The zero-order chi connectivity index (χ0) is 21.8. The summed E-state index contributed by atoms with van der Waals surface area (Å²) in [5.74, 6) is 0.528. The van der Waals surface area contributed by atoms with E-state index in [9.17, 15) is 9.59 Å². The molecule has 0 radical (unpaired) electrons. The highest BCUT2D eigenvalue weighted by atomic mass is 16.5. The number of hydrogen-bond acceptors (Lipinski definition) is 6. The van der Waals surface area contributed by atoms with E-state index in [0.29, 0.717) is 36.6 Å². The van der Waals surface area contributed by atoms with Crippen LogP contribution in [0.5, 0.6) is 11.5 Å². The summed E-state index contributed by atoms with van der Waals surface area (Å²) in [7, 11) is 3.18. The van der Waals surface area contributed by atoms with E-state index in [0.717, 1.165) is 16.8 Å². The molecule has 31 heavy (non-hydrogen) atoms. The van der Waals surface area contributed by atoms with E-state index in [4.69, 9.17) is 14.2 Å². The third-order valence-corrected chi connectivity index (χ3v) is 5.27. The van der Waals surface area contributed by atoms with Gasteiger partial charge in [0.05, 0.1) is 25.5 Å². The Kier molecular flexibility index (Phi) is 5.88. The van der Waals surface area contributed by atoms with E-state index >= 15 is 0 Å². The van der Waals surface area contributed by atoms with Crippen molar-refractivity contribution in [3.8, 4) is 17.2 Å². The number of rotatable bonds is 6. The van der Waals surface area contributed by atoms with Crippen LogP contribution >= 0.6 is 0 Å². The largest absolute Gasteiger partial charge is 0.493 e. The first-order valence-electron chi connectivity index (χ1n) is 9.88. The highest BCUT2D eigenvalue weighted by molar-refractivity contribution is 5.91. The molecule has 0 unspecified atom stereocenters. The maximum absolute atomic E-state index is 12.6. The van der Waals surface area contributed by atoms with Crippen molar-refractivity contribution in [1.29, 1.82) is 0 Å². The fourth-order valence-corrected chi connectivity index (χ4v) is 3.57. The van der Waals surface area contributed by atoms with Gasteiger partial charge in [-0.15, -0.1) is 0 Å². The van der Waals surface area contributed by atoms with Gasteiger partial charge >= 0.3 is 5.97 Å². The quantitative estimate of drug-likeness (QED) is 0.569. The number of methoxy groups -OCH3 is 2. The van der Waals surface area contributed by atoms with Crippen LogP contribution in [-0.2, 0) is 22.5 Å². The first-order chi connectivity index (χ1) is 15.1. The molecule has 4 rings (SSSR count). The molecule has 1 aromatic heterocycles. The molecule has 0 fully saturated rings. The molecule has 8 heteroatoms. The van der Waals surface area contributed by atoms with Crippen LogP contribution in [0.1, 0.15) is 21.5 Å². The van der Waals surface area contributed by atoms with Crippen molar-refractivity contribution in [2.45, 2.75) is 13.0 Å². The lowest BCUT2D eigenvalue weighted by Crippen LogP contribution is -2.38. The highest BCUT2D eigenvalue weighted by Crippen LogP contribution is 2.33. The molecule has 2 heterocycles. The smallest absolute Gasteiger partial charge is 0.338 e. The number of amides is 1. The van der Waals surface area contributed by atoms with Gasteiger partial charge in [-0.25, -0.2) is 9.48 Å². The summed E-state index contributed by atoms with van der Waals surface area (Å²) in [6.45, 7) is 0.685. The number of nitrogens with zero attached hydrogens (tertiary/aromatic N) is 3. The van der Waals surface area contributed by atoms with Gasteiger partial charge in [0.1, 0.15) is 0 Å². The molecule has 160 valence electrons. The standard InChI is InChI=1S/C23H23N3O5/c1-29-20-12-17-8-11-25(14-18(17)13-21(20)30-2)22(27)15-31-23(28)16-4-6-19(7-5-16)26-10-3-9-24-26/h3-7,9-10,12-13H,8,11,14-15H2,1-2H3. The van der Waals surface area contributed by atoms with E-state index in [1.165, 1.54) is 0 Å². The molecule has 2 aromatic carbocycles. The molecule has 0 atom stereocenters. The topological polar surface area (TPSA) is 82.9 Å². The Morgan fingerprint density at radius 1 is 1.03 bits per heavy atom. The molecule has 8 nitrogen and oxygen atoms in total. The minimum absolute atomic E-state index is 0.234. The first-order valence-corrected chi connectivity index (χ1v) is 9.88. The van der Waals surface area contributed by atoms with Gasteiger partial charge in [0.2, 0.25) is 0 Å². The van der Waals surface area contributed by atoms with Crippen LogP contribution in [0.2, 0.25) is 0 Å². The van der Waals surface area contributed by atoms with Gasteiger partial charge < -0.3 is 19.1 Å². The summed E-state index contributed by atoms with van der Waals surface area (Å²) in [6.07, 6.45) is 4.19. The lowest BCUT2D eigenvalue weighted by Gasteiger charge is -2.29. The Bertz CT molecular complexity index is 1080. The molecule has 1 aliphatic rings. The van der Waals surface area contributed by atoms with Crippen molar-refractivity contribution in [3.05, 3.63) is 71.5 Å². The Hall–Kier alpha value is -3.81. The second-order valence-electron chi connectivity index (χ2n) is 7.11. The third kappa shape index (κ3) is 4.37. The molecule has 1 amide bonds. The molecular formula is C23H23N3O5. The molecule has 0 aliphatic carbocycles. The highest BCUT2D eigenvalue weighted by Gasteiger charge is 2.24. The van der Waals surface area contributed by atoms with Crippen LogP contribution in [0.4, 0.5) is 0 Å². The van der Waals surface area contributed by atoms with Gasteiger partial charge in [-0.2, -0.15) is 5.10 Å². The lowest BCUT2D eigenvalue weighted by molar-refractivity contribution is -0.135. The van der Waals surface area contributed by atoms with E-state index < -0.39 is 5.97 Å². The van der Waals surface area contributed by atoms with Crippen LogP contribution < -0.4 is 9.47 Å². The van der Waals surface area contributed by atoms with Gasteiger partial charge in [-0.1, -0.05) is 0 Å². The number of carbonyl (C=O) groups excluding carboxylic acids is 2. The number of carbonyl (C=O) groups is 2. The Labute approximate surface area is 179 Å². The van der Waals surface area contributed by atoms with Gasteiger partial charge in [0, 0.05) is 25.5 Å². The maximum atomic E-state index is 12.6. The van der Waals surface area contributed by atoms with Crippen molar-refractivity contribution in [3.63, 3.8) is 0 Å². The van der Waals surface area contributed by atoms with Gasteiger partial charge in [-0.3, -0.25) is 4.79 Å². The lowest BCUT2D eigenvalue weighted by atomic mass is 9.99. The first kappa shape index (κ1) is 20.5. The van der Waals surface area contributed by atoms with Crippen LogP contribution in [0.15, 0.2) is 54.9 Å². The van der Waals surface area contributed by atoms with Gasteiger partial charge in [-0.05, 0) is 60.0 Å². The summed E-state index contributed by atoms with van der Waals surface area (Å²) in [4.78, 5) is 26.6.